The maximum Gasteiger partial charge on any atom is 0.338 e. The predicted octanol–water partition coefficient (Wildman–Crippen LogP) is 10.6. The van der Waals surface area contributed by atoms with Crippen molar-refractivity contribution in [3.8, 4) is 0 Å². The van der Waals surface area contributed by atoms with Gasteiger partial charge in [-0.2, -0.15) is 0 Å². The van der Waals surface area contributed by atoms with Crippen molar-refractivity contribution in [1.29, 1.82) is 0 Å². The van der Waals surface area contributed by atoms with Crippen molar-refractivity contribution in [2.75, 3.05) is 92.4 Å². The molecule has 0 amide bonds. The summed E-state index contributed by atoms with van der Waals surface area (Å²) >= 11 is 17.3. The van der Waals surface area contributed by atoms with E-state index in [1.807, 2.05) is 15.7 Å². The molecule has 6 aliphatic heterocycles. The number of methoxy groups -OCH3 is 1. The molecule has 3 saturated heterocycles. The largest absolute Gasteiger partial charge is 0.478 e. The monoisotopic (exact) mass is 1710 g/mol. The van der Waals surface area contributed by atoms with E-state index in [1.54, 1.807) is 50.0 Å². The number of alkyl halides is 2. The molecule has 26 nitrogen and oxygen atoms in total. The van der Waals surface area contributed by atoms with Crippen LogP contribution in [0.25, 0.3) is 0 Å². The Morgan fingerprint density at radius 1 is 0.578 bits per heavy atom. The molecule has 37 heteroatoms. The number of thiazole rings is 3. The fourth-order valence-corrected chi connectivity index (χ4v) is 15.5. The zero-order chi connectivity index (χ0) is 78.1. The van der Waals surface area contributed by atoms with Crippen molar-refractivity contribution in [2.45, 2.75) is 56.5 Å². The van der Waals surface area contributed by atoms with Crippen molar-refractivity contribution in [1.82, 2.24) is 45.6 Å². The molecule has 0 saturated carbocycles. The maximum absolute atomic E-state index is 14.7. The van der Waals surface area contributed by atoms with Crippen LogP contribution < -0.4 is 16.0 Å². The molecule has 0 aliphatic carbocycles. The number of halogens is 8. The minimum absolute atomic E-state index is 0.0312. The van der Waals surface area contributed by atoms with Gasteiger partial charge in [0.05, 0.1) is 69.0 Å². The van der Waals surface area contributed by atoms with E-state index in [4.69, 9.17) is 60.6 Å². The molecule has 3 aromatic heterocycles. The number of aromatic nitrogens is 3. The van der Waals surface area contributed by atoms with Gasteiger partial charge in [0.25, 0.3) is 5.92 Å². The second-order valence-corrected chi connectivity index (χ2v) is 29.3. The van der Waals surface area contributed by atoms with Crippen molar-refractivity contribution >= 4 is 131 Å². The number of aliphatic carboxylic acids is 3. The third-order valence-corrected chi connectivity index (χ3v) is 20.9. The lowest BCUT2D eigenvalue weighted by atomic mass is 9.92. The molecule has 0 unspecified atom stereocenters. The molecule has 6 aromatic rings. The third kappa shape index (κ3) is 22.3. The lowest BCUT2D eigenvalue weighted by Gasteiger charge is -2.38. The first-order valence-corrected chi connectivity index (χ1v) is 38.1. The average Bonchev–Trinajstić information content (AvgIpc) is 1.73. The Hall–Kier alpha value is -9.08. The molecule has 3 aromatic carbocycles. The number of nitrogens with zero attached hydrogens (tertiary/aromatic N) is 9. The molecule has 6 N–H and O–H groups in total. The summed E-state index contributed by atoms with van der Waals surface area (Å²) in [7, 11) is 1.30. The van der Waals surface area contributed by atoms with Gasteiger partial charge in [0, 0.05) is 148 Å². The number of hydrogen-bond acceptors (Lipinski definition) is 26. The number of ether oxygens (including phenoxy) is 5. The number of carboxylic acid groups (broad SMARTS) is 3. The van der Waals surface area contributed by atoms with Crippen molar-refractivity contribution in [3.63, 3.8) is 0 Å². The zero-order valence-corrected chi connectivity index (χ0v) is 64.5. The number of piperidine rings is 1. The molecule has 12 rings (SSSR count). The van der Waals surface area contributed by atoms with Crippen molar-refractivity contribution in [2.24, 2.45) is 20.9 Å². The number of carbonyl (C=O) groups excluding carboxylic acids is 3. The predicted molar refractivity (Wildman–Crippen MR) is 402 cm³/mol. The quantitative estimate of drug-likeness (QED) is 0.0150. The fourth-order valence-electron chi connectivity index (χ4n) is 12.3. The molecule has 109 heavy (non-hydrogen) atoms. The number of carboxylic acids is 3. The van der Waals surface area contributed by atoms with Crippen LogP contribution in [0.4, 0.5) is 22.0 Å². The molecule has 3 fully saturated rings. The summed E-state index contributed by atoms with van der Waals surface area (Å²) in [5.41, 5.74) is 3.60. The van der Waals surface area contributed by atoms with Crippen molar-refractivity contribution < 1.29 is 89.7 Å². The van der Waals surface area contributed by atoms with Crippen LogP contribution in [0.5, 0.6) is 0 Å². The number of rotatable bonds is 23. The van der Waals surface area contributed by atoms with Crippen LogP contribution >= 0.6 is 77.5 Å². The van der Waals surface area contributed by atoms with Gasteiger partial charge in [0.15, 0.2) is 32.5 Å². The standard InChI is InChI=1S/C25H24ClF3N4O4S.C24H24BrFN4O5S.C23H22BrFN4O5S/c1-2-37-24(36)20-18(12-33-11-14(3-6-19(34)35)10-25(28,29)13-33)31-22(23-30-7-8-38-23)32-21(20)16-5-4-15(27)9-17(16)26;1-2-34-24(33)20-18(13-30-8-9-35-15(12-30)4-6-19(31)32)28-22(23-27-7-10-36-23)29-21(20)16-5-3-14(26)11-17(16)25;1-33-23(32)19-17(12-29-7-8-34-14(11-29)3-5-18(30)31)27-21(22-26-6-9-35-22)28-20(19)15-4-2-13(25)10-16(15)24/h3-9,14,21H,2,10-13H2,1H3,(H,31,32)(H,34,35);3-7,10-11,15,21H,2,8-9,12-13H2,1H3,(H,28,29)(H,31,32);2-6,9-10,14,20H,7-8,11-12H2,1H3,(H,27,28)(H,30,31)/b6-3+;6-4+;5-3+/t14-,21-;15-,21+;14-,20+/m011/s1. The molecule has 0 radical (unpaired) electrons. The van der Waals surface area contributed by atoms with Crippen LogP contribution in [0.2, 0.25) is 5.02 Å². The Morgan fingerprint density at radius 2 is 0.963 bits per heavy atom. The maximum atomic E-state index is 14.7. The highest BCUT2D eigenvalue weighted by Gasteiger charge is 2.43. The summed E-state index contributed by atoms with van der Waals surface area (Å²) in [5, 5.41) is 43.6. The van der Waals surface area contributed by atoms with Crippen molar-refractivity contribution in [3.05, 3.63) is 223 Å². The topological polar surface area (TPSA) is 331 Å². The second kappa shape index (κ2) is 38.5. The second-order valence-electron chi connectivity index (χ2n) is 24.5. The lowest BCUT2D eigenvalue weighted by molar-refractivity contribution is -0.139. The minimum atomic E-state index is -3.09. The Morgan fingerprint density at radius 3 is 1.34 bits per heavy atom. The summed E-state index contributed by atoms with van der Waals surface area (Å²) < 4.78 is 98.9. The Bertz CT molecular complexity index is 4630. The highest BCUT2D eigenvalue weighted by molar-refractivity contribution is 9.10. The van der Waals surface area contributed by atoms with Crippen LogP contribution in [0, 0.1) is 23.4 Å². The summed E-state index contributed by atoms with van der Waals surface area (Å²) in [6, 6.07) is 9.62. The molecule has 6 atom stereocenters. The molecule has 0 spiro atoms. The van der Waals surface area contributed by atoms with E-state index in [9.17, 15) is 50.7 Å². The van der Waals surface area contributed by atoms with Gasteiger partial charge < -0.3 is 55.0 Å². The first-order valence-electron chi connectivity index (χ1n) is 33.5. The Balaban J connectivity index is 0.000000174. The van der Waals surface area contributed by atoms with E-state index in [2.05, 4.69) is 72.7 Å². The number of nitrogens with one attached hydrogen (secondary N) is 3. The van der Waals surface area contributed by atoms with E-state index in [1.165, 1.54) is 101 Å². The molecule has 576 valence electrons. The Kier molecular flexibility index (Phi) is 29.1. The van der Waals surface area contributed by atoms with Gasteiger partial charge in [0.2, 0.25) is 0 Å². The highest BCUT2D eigenvalue weighted by Crippen LogP contribution is 2.42. The number of hydrogen-bond donors (Lipinski definition) is 6. The van der Waals surface area contributed by atoms with Gasteiger partial charge in [-0.1, -0.05) is 67.7 Å². The van der Waals surface area contributed by atoms with E-state index >= 15 is 0 Å². The van der Waals surface area contributed by atoms with Crippen LogP contribution in [-0.2, 0) is 52.5 Å². The number of benzene rings is 3. The summed E-state index contributed by atoms with van der Waals surface area (Å²) in [4.78, 5) is 105. The van der Waals surface area contributed by atoms with Gasteiger partial charge in [0.1, 0.15) is 35.6 Å². The first kappa shape index (κ1) is 82.4. The summed E-state index contributed by atoms with van der Waals surface area (Å²) in [6.45, 7) is 6.45. The van der Waals surface area contributed by atoms with Gasteiger partial charge >= 0.3 is 35.8 Å². The SMILES string of the molecule is CCOC(=O)C1=C(CN2CCO[C@H](/C=C/C(=O)O)C2)NC(c2nccs2)=N[C@H]1c1ccc(F)cc1Br.CCOC(=O)C1=C(CN2C[C@@H](/C=C/C(=O)O)CC(F)(F)C2)NC(c2nccs2)=N[C@H]1c1ccc(F)cc1Cl.COC(=O)C1=C(CN2CCO[C@H](/C=C/C(=O)O)C2)NC(c2nccs2)=N[C@H]1c1ccc(F)cc1Br. The van der Waals surface area contributed by atoms with Gasteiger partial charge in [-0.25, -0.2) is 65.7 Å². The smallest absolute Gasteiger partial charge is 0.338 e. The molecule has 0 bridgehead atoms. The van der Waals surface area contributed by atoms with Crippen LogP contribution in [0.15, 0.2) is 184 Å². The fraction of sp³-hybridized carbons (Fsp3) is 0.333. The van der Waals surface area contributed by atoms with Gasteiger partial charge in [-0.3, -0.25) is 29.7 Å². The van der Waals surface area contributed by atoms with E-state index in [0.29, 0.717) is 133 Å². The minimum Gasteiger partial charge on any atom is -0.478 e. The first-order chi connectivity index (χ1) is 52.3. The molecule has 6 aliphatic rings. The number of morpholine rings is 2. The Labute approximate surface area is 654 Å². The van der Waals surface area contributed by atoms with Gasteiger partial charge in [-0.15, -0.1) is 34.0 Å². The summed E-state index contributed by atoms with van der Waals surface area (Å²) in [5.74, 6) is -9.10. The van der Waals surface area contributed by atoms with E-state index in [0.717, 1.165) is 24.3 Å². The van der Waals surface area contributed by atoms with Crippen LogP contribution in [-0.4, -0.2) is 209 Å². The van der Waals surface area contributed by atoms with E-state index in [-0.39, 0.29) is 42.6 Å². The number of likely N-dealkylation sites (tertiary alicyclic amines) is 1. The van der Waals surface area contributed by atoms with Gasteiger partial charge in [-0.05, 0) is 79.4 Å². The third-order valence-electron chi connectivity index (χ3n) is 16.9. The number of carbonyl (C=O) groups is 6. The van der Waals surface area contributed by atoms with Crippen LogP contribution in [0.3, 0.4) is 0 Å². The zero-order valence-electron chi connectivity index (χ0n) is 58.1. The highest BCUT2D eigenvalue weighted by atomic mass is 79.9. The number of aliphatic imine (C=N–C) groups is 3. The van der Waals surface area contributed by atoms with Crippen LogP contribution in [0.1, 0.15) is 70.1 Å². The number of amidine groups is 3. The normalized spacial score (nSPS) is 21.2. The summed E-state index contributed by atoms with van der Waals surface area (Å²) in [6.07, 6.45) is 10.8. The lowest BCUT2D eigenvalue weighted by Crippen LogP contribution is -2.49. The molecular formula is C72H70Br2ClF5N12O14S3. The average molecular weight is 1710 g/mol. The number of esters is 3. The molecular weight excluding hydrogens is 1640 g/mol. The molecule has 9 heterocycles. The van der Waals surface area contributed by atoms with E-state index < -0.39 is 108 Å².